The van der Waals surface area contributed by atoms with Crippen molar-refractivity contribution in [1.29, 1.82) is 0 Å². The number of aromatic nitrogens is 4. The third kappa shape index (κ3) is 4.41. The Morgan fingerprint density at radius 2 is 2.14 bits per heavy atom. The van der Waals surface area contributed by atoms with Gasteiger partial charge in [0.1, 0.15) is 0 Å². The van der Waals surface area contributed by atoms with Gasteiger partial charge in [-0.2, -0.15) is 5.10 Å². The molecule has 0 bridgehead atoms. The highest BCUT2D eigenvalue weighted by Crippen LogP contribution is 2.13. The Morgan fingerprint density at radius 3 is 2.86 bits per heavy atom. The van der Waals surface area contributed by atoms with Gasteiger partial charge in [-0.25, -0.2) is 4.98 Å². The van der Waals surface area contributed by atoms with Crippen LogP contribution in [0.3, 0.4) is 0 Å². The first kappa shape index (κ1) is 15.7. The predicted molar refractivity (Wildman–Crippen MR) is 82.1 cm³/mol. The van der Waals surface area contributed by atoms with Crippen molar-refractivity contribution in [3.05, 3.63) is 35.7 Å². The van der Waals surface area contributed by atoms with Gasteiger partial charge >= 0.3 is 0 Å². The van der Waals surface area contributed by atoms with E-state index in [-0.39, 0.29) is 0 Å². The Hall–Kier alpha value is -1.66. The predicted octanol–water partition coefficient (Wildman–Crippen LogP) is 1.52. The van der Waals surface area contributed by atoms with Gasteiger partial charge in [0.2, 0.25) is 0 Å². The molecule has 0 saturated heterocycles. The fourth-order valence-corrected chi connectivity index (χ4v) is 2.42. The summed E-state index contributed by atoms with van der Waals surface area (Å²) < 4.78 is 9.25. The van der Waals surface area contributed by atoms with Crippen molar-refractivity contribution in [1.82, 2.24) is 24.6 Å². The number of rotatable bonds is 9. The van der Waals surface area contributed by atoms with Crippen LogP contribution in [-0.4, -0.2) is 39.6 Å². The van der Waals surface area contributed by atoms with Crippen LogP contribution >= 0.6 is 0 Å². The second kappa shape index (κ2) is 7.95. The van der Waals surface area contributed by atoms with Crippen LogP contribution in [0.15, 0.2) is 18.7 Å². The number of nitrogens with zero attached hydrogens (tertiary/aromatic N) is 4. The third-order valence-electron chi connectivity index (χ3n) is 3.66. The number of hydrogen-bond acceptors (Lipinski definition) is 4. The Balaban J connectivity index is 1.85. The first-order chi connectivity index (χ1) is 10.2. The molecule has 2 aromatic heterocycles. The van der Waals surface area contributed by atoms with E-state index >= 15 is 0 Å². The van der Waals surface area contributed by atoms with Gasteiger partial charge in [-0.1, -0.05) is 0 Å². The standard InChI is InChI=1S/C15H25N5O/c1-13-15(11-16-6-10-21-3)14(2)20(18-13)8-4-7-19-9-5-17-12-19/h5,9,12,16H,4,6-8,10-11H2,1-3H3. The zero-order chi connectivity index (χ0) is 15.1. The Morgan fingerprint density at radius 1 is 1.29 bits per heavy atom. The van der Waals surface area contributed by atoms with Crippen LogP contribution in [0.2, 0.25) is 0 Å². The van der Waals surface area contributed by atoms with Crippen LogP contribution in [0.25, 0.3) is 0 Å². The van der Waals surface area contributed by atoms with Crippen LogP contribution < -0.4 is 5.32 Å². The fraction of sp³-hybridized carbons (Fsp3) is 0.600. The Bertz CT molecular complexity index is 533. The van der Waals surface area contributed by atoms with E-state index in [0.717, 1.165) is 44.9 Å². The molecular weight excluding hydrogens is 266 g/mol. The van der Waals surface area contributed by atoms with Gasteiger partial charge in [-0.15, -0.1) is 0 Å². The van der Waals surface area contributed by atoms with Crippen molar-refractivity contribution in [3.63, 3.8) is 0 Å². The molecule has 116 valence electrons. The van der Waals surface area contributed by atoms with Crippen molar-refractivity contribution in [2.75, 3.05) is 20.3 Å². The second-order valence-electron chi connectivity index (χ2n) is 5.20. The molecule has 0 amide bonds. The summed E-state index contributed by atoms with van der Waals surface area (Å²) in [4.78, 5) is 4.05. The summed E-state index contributed by atoms with van der Waals surface area (Å²) in [6.07, 6.45) is 6.71. The van der Waals surface area contributed by atoms with E-state index in [1.165, 1.54) is 11.3 Å². The van der Waals surface area contributed by atoms with Gasteiger partial charge < -0.3 is 14.6 Å². The molecule has 1 N–H and O–H groups in total. The monoisotopic (exact) mass is 291 g/mol. The highest BCUT2D eigenvalue weighted by molar-refractivity contribution is 5.24. The largest absolute Gasteiger partial charge is 0.383 e. The summed E-state index contributed by atoms with van der Waals surface area (Å²) in [5.74, 6) is 0. The van der Waals surface area contributed by atoms with Crippen LogP contribution in [-0.2, 0) is 24.4 Å². The van der Waals surface area contributed by atoms with Gasteiger partial charge in [0, 0.05) is 56.9 Å². The maximum atomic E-state index is 5.04. The van der Waals surface area contributed by atoms with Gasteiger partial charge in [-0.05, 0) is 20.3 Å². The van der Waals surface area contributed by atoms with E-state index in [9.17, 15) is 0 Å². The van der Waals surface area contributed by atoms with E-state index in [4.69, 9.17) is 4.74 Å². The average Bonchev–Trinajstić information content (AvgIpc) is 3.06. The zero-order valence-corrected chi connectivity index (χ0v) is 13.2. The molecule has 0 aliphatic rings. The minimum atomic E-state index is 0.733. The smallest absolute Gasteiger partial charge is 0.0945 e. The fourth-order valence-electron chi connectivity index (χ4n) is 2.42. The second-order valence-corrected chi connectivity index (χ2v) is 5.20. The lowest BCUT2D eigenvalue weighted by Crippen LogP contribution is -2.19. The Kier molecular flexibility index (Phi) is 5.95. The maximum Gasteiger partial charge on any atom is 0.0945 e. The number of hydrogen-bond donors (Lipinski definition) is 1. The molecule has 0 spiro atoms. The molecule has 2 heterocycles. The van der Waals surface area contributed by atoms with Crippen LogP contribution in [0.4, 0.5) is 0 Å². The molecule has 0 aliphatic carbocycles. The third-order valence-corrected chi connectivity index (χ3v) is 3.66. The number of aryl methyl sites for hydroxylation is 3. The summed E-state index contributed by atoms with van der Waals surface area (Å²) in [6.45, 7) is 8.57. The number of ether oxygens (including phenoxy) is 1. The van der Waals surface area contributed by atoms with Crippen molar-refractivity contribution in [2.45, 2.75) is 39.9 Å². The molecule has 0 unspecified atom stereocenters. The van der Waals surface area contributed by atoms with E-state index in [1.54, 1.807) is 7.11 Å². The lowest BCUT2D eigenvalue weighted by molar-refractivity contribution is 0.199. The number of nitrogens with one attached hydrogen (secondary N) is 1. The zero-order valence-electron chi connectivity index (χ0n) is 13.2. The first-order valence-electron chi connectivity index (χ1n) is 7.40. The average molecular weight is 291 g/mol. The molecule has 0 aromatic carbocycles. The molecule has 2 aromatic rings. The molecule has 6 nitrogen and oxygen atoms in total. The highest BCUT2D eigenvalue weighted by atomic mass is 16.5. The van der Waals surface area contributed by atoms with E-state index < -0.39 is 0 Å². The molecular formula is C15H25N5O. The van der Waals surface area contributed by atoms with Crippen molar-refractivity contribution in [2.24, 2.45) is 0 Å². The van der Waals surface area contributed by atoms with E-state index in [0.29, 0.717) is 0 Å². The molecule has 0 aliphatic heterocycles. The minimum Gasteiger partial charge on any atom is -0.383 e. The maximum absolute atomic E-state index is 5.04. The van der Waals surface area contributed by atoms with Gasteiger partial charge in [0.05, 0.1) is 18.6 Å². The molecule has 21 heavy (non-hydrogen) atoms. The lowest BCUT2D eigenvalue weighted by Gasteiger charge is -2.07. The number of methoxy groups -OCH3 is 1. The summed E-state index contributed by atoms with van der Waals surface area (Å²) in [6, 6.07) is 0. The van der Waals surface area contributed by atoms with E-state index in [1.807, 2.05) is 18.7 Å². The summed E-state index contributed by atoms with van der Waals surface area (Å²) in [7, 11) is 1.72. The van der Waals surface area contributed by atoms with Crippen molar-refractivity contribution >= 4 is 0 Å². The molecule has 6 heteroatoms. The summed E-state index contributed by atoms with van der Waals surface area (Å²) in [5.41, 5.74) is 3.66. The van der Waals surface area contributed by atoms with Crippen molar-refractivity contribution in [3.8, 4) is 0 Å². The Labute approximate surface area is 126 Å². The van der Waals surface area contributed by atoms with Crippen LogP contribution in [0, 0.1) is 13.8 Å². The van der Waals surface area contributed by atoms with Gasteiger partial charge in [0.15, 0.2) is 0 Å². The first-order valence-corrected chi connectivity index (χ1v) is 7.40. The number of imidazole rings is 1. The molecule has 0 radical (unpaired) electrons. The van der Waals surface area contributed by atoms with Gasteiger partial charge in [-0.3, -0.25) is 4.68 Å². The highest BCUT2D eigenvalue weighted by Gasteiger charge is 2.10. The summed E-state index contributed by atoms with van der Waals surface area (Å²) in [5, 5.41) is 8.03. The lowest BCUT2D eigenvalue weighted by atomic mass is 10.2. The summed E-state index contributed by atoms with van der Waals surface area (Å²) >= 11 is 0. The van der Waals surface area contributed by atoms with Gasteiger partial charge in [0.25, 0.3) is 0 Å². The quantitative estimate of drug-likeness (QED) is 0.712. The molecule has 0 atom stereocenters. The SMILES string of the molecule is COCCNCc1c(C)nn(CCCn2ccnc2)c1C. The van der Waals surface area contributed by atoms with Crippen LogP contribution in [0.5, 0.6) is 0 Å². The minimum absolute atomic E-state index is 0.733. The topological polar surface area (TPSA) is 56.9 Å². The van der Waals surface area contributed by atoms with Crippen LogP contribution in [0.1, 0.15) is 23.4 Å². The van der Waals surface area contributed by atoms with Crippen molar-refractivity contribution < 1.29 is 4.74 Å². The normalized spacial score (nSPS) is 11.2. The molecule has 0 saturated carbocycles. The molecule has 0 fully saturated rings. The molecule has 2 rings (SSSR count). The van der Waals surface area contributed by atoms with E-state index in [2.05, 4.69) is 38.5 Å².